The molecule has 2 atom stereocenters. The van der Waals surface area contributed by atoms with Gasteiger partial charge in [-0.3, -0.25) is 14.8 Å². The third kappa shape index (κ3) is 3.06. The van der Waals surface area contributed by atoms with Gasteiger partial charge in [-0.05, 0) is 23.8 Å². The van der Waals surface area contributed by atoms with Gasteiger partial charge < -0.3 is 9.72 Å². The highest BCUT2D eigenvalue weighted by Crippen LogP contribution is 2.29. The highest BCUT2D eigenvalue weighted by atomic mass is 16.6. The Hall–Kier alpha value is -2.86. The first kappa shape index (κ1) is 16.3. The molecule has 2 fully saturated rings. The summed E-state index contributed by atoms with van der Waals surface area (Å²) in [5.74, 6) is 0. The maximum atomic E-state index is 12.3. The van der Waals surface area contributed by atoms with Gasteiger partial charge in [-0.1, -0.05) is 24.3 Å². The number of benzene rings is 1. The Morgan fingerprint density at radius 3 is 2.93 bits per heavy atom. The predicted molar refractivity (Wildman–Crippen MR) is 102 cm³/mol. The van der Waals surface area contributed by atoms with Crippen molar-refractivity contribution in [3.05, 3.63) is 66.1 Å². The van der Waals surface area contributed by atoms with Gasteiger partial charge in [0, 0.05) is 61.6 Å². The summed E-state index contributed by atoms with van der Waals surface area (Å²) >= 11 is 0. The number of hydrogen-bond acceptors (Lipinski definition) is 4. The third-order valence-corrected chi connectivity index (χ3v) is 5.60. The van der Waals surface area contributed by atoms with E-state index in [1.807, 2.05) is 29.2 Å². The van der Waals surface area contributed by atoms with Crippen LogP contribution in [0, 0.1) is 0 Å². The number of pyridine rings is 1. The maximum Gasteiger partial charge on any atom is 0.410 e. The Labute approximate surface area is 157 Å². The molecule has 1 amide bonds. The van der Waals surface area contributed by atoms with Crippen LogP contribution >= 0.6 is 0 Å². The minimum Gasteiger partial charge on any atom is -0.442 e. The molecule has 0 bridgehead atoms. The van der Waals surface area contributed by atoms with Crippen molar-refractivity contribution in [2.45, 2.75) is 25.1 Å². The van der Waals surface area contributed by atoms with Crippen LogP contribution in [0.4, 0.5) is 4.79 Å². The lowest BCUT2D eigenvalue weighted by atomic mass is 10.1. The lowest BCUT2D eigenvalue weighted by Gasteiger charge is -2.22. The van der Waals surface area contributed by atoms with Crippen molar-refractivity contribution in [3.63, 3.8) is 0 Å². The lowest BCUT2D eigenvalue weighted by Crippen LogP contribution is -2.39. The van der Waals surface area contributed by atoms with Crippen molar-refractivity contribution in [1.29, 1.82) is 0 Å². The summed E-state index contributed by atoms with van der Waals surface area (Å²) in [5.41, 5.74) is 3.45. The van der Waals surface area contributed by atoms with Crippen molar-refractivity contribution < 1.29 is 9.53 Å². The molecule has 0 unspecified atom stereocenters. The van der Waals surface area contributed by atoms with E-state index in [1.54, 1.807) is 6.20 Å². The van der Waals surface area contributed by atoms with E-state index in [9.17, 15) is 4.79 Å². The largest absolute Gasteiger partial charge is 0.442 e. The first-order valence-electron chi connectivity index (χ1n) is 9.42. The van der Waals surface area contributed by atoms with Crippen molar-refractivity contribution in [3.8, 4) is 0 Å². The van der Waals surface area contributed by atoms with Crippen LogP contribution in [-0.2, 0) is 17.7 Å². The molecule has 2 aliphatic heterocycles. The standard InChI is InChI=1S/C21H22N4O2/c26-21-25(10-8-16-5-3-4-9-22-16)19-13-24(14-20(19)27-21)12-15-11-23-18-7-2-1-6-17(15)18/h1-7,9,11,19-20,23H,8,10,12-14H2/t19-,20+/m0/s1. The topological polar surface area (TPSA) is 61.5 Å². The van der Waals surface area contributed by atoms with Gasteiger partial charge in [-0.2, -0.15) is 0 Å². The van der Waals surface area contributed by atoms with Crippen LogP contribution < -0.4 is 0 Å². The van der Waals surface area contributed by atoms with Crippen molar-refractivity contribution in [2.75, 3.05) is 19.6 Å². The second-order valence-electron chi connectivity index (χ2n) is 7.31. The molecule has 2 aliphatic rings. The van der Waals surface area contributed by atoms with Gasteiger partial charge in [0.2, 0.25) is 0 Å². The molecule has 0 saturated carbocycles. The molecule has 2 aromatic heterocycles. The minimum atomic E-state index is -0.187. The predicted octanol–water partition coefficient (Wildman–Crippen LogP) is 2.81. The minimum absolute atomic E-state index is 0.0357. The van der Waals surface area contributed by atoms with Crippen LogP contribution in [-0.4, -0.2) is 57.6 Å². The number of likely N-dealkylation sites (tertiary alicyclic amines) is 1. The Morgan fingerprint density at radius 1 is 1.15 bits per heavy atom. The van der Waals surface area contributed by atoms with E-state index in [-0.39, 0.29) is 18.2 Å². The SMILES string of the molecule is O=C1O[C@@H]2CN(Cc3c[nH]c4ccccc34)C[C@@H]2N1CCc1ccccn1. The number of H-pyrrole nitrogens is 1. The molecule has 6 heteroatoms. The van der Waals surface area contributed by atoms with E-state index in [2.05, 4.69) is 39.3 Å². The Morgan fingerprint density at radius 2 is 2.04 bits per heavy atom. The number of fused-ring (bicyclic) bond motifs is 2. The number of aromatic nitrogens is 2. The number of aromatic amines is 1. The second kappa shape index (κ2) is 6.70. The molecule has 0 spiro atoms. The Kier molecular flexibility index (Phi) is 4.05. The molecular weight excluding hydrogens is 340 g/mol. The number of hydrogen-bond donors (Lipinski definition) is 1. The fourth-order valence-electron chi connectivity index (χ4n) is 4.25. The third-order valence-electron chi connectivity index (χ3n) is 5.60. The molecule has 6 nitrogen and oxygen atoms in total. The first-order chi connectivity index (χ1) is 13.3. The highest BCUT2D eigenvalue weighted by molar-refractivity contribution is 5.83. The normalized spacial score (nSPS) is 22.4. The zero-order valence-corrected chi connectivity index (χ0v) is 15.0. The average Bonchev–Trinajstić information content (AvgIpc) is 3.35. The summed E-state index contributed by atoms with van der Waals surface area (Å²) in [6.07, 6.45) is 4.41. The zero-order chi connectivity index (χ0) is 18.2. The maximum absolute atomic E-state index is 12.3. The van der Waals surface area contributed by atoms with E-state index in [0.29, 0.717) is 6.54 Å². The number of carbonyl (C=O) groups excluding carboxylic acids is 1. The molecule has 1 aromatic carbocycles. The van der Waals surface area contributed by atoms with Crippen LogP contribution in [0.3, 0.4) is 0 Å². The molecular formula is C21H22N4O2. The fourth-order valence-corrected chi connectivity index (χ4v) is 4.25. The van der Waals surface area contributed by atoms with Gasteiger partial charge in [-0.25, -0.2) is 4.79 Å². The fraction of sp³-hybridized carbons (Fsp3) is 0.333. The van der Waals surface area contributed by atoms with Crippen molar-refractivity contribution >= 4 is 17.0 Å². The Bertz CT molecular complexity index is 955. The van der Waals surface area contributed by atoms with Crippen molar-refractivity contribution in [1.82, 2.24) is 19.8 Å². The number of amides is 1. The van der Waals surface area contributed by atoms with Crippen LogP contribution in [0.2, 0.25) is 0 Å². The van der Waals surface area contributed by atoms with Gasteiger partial charge >= 0.3 is 6.09 Å². The van der Waals surface area contributed by atoms with Gasteiger partial charge in [-0.15, -0.1) is 0 Å². The smallest absolute Gasteiger partial charge is 0.410 e. The van der Waals surface area contributed by atoms with Gasteiger partial charge in [0.1, 0.15) is 6.10 Å². The zero-order valence-electron chi connectivity index (χ0n) is 15.0. The summed E-state index contributed by atoms with van der Waals surface area (Å²) in [5, 5.41) is 1.26. The van der Waals surface area contributed by atoms with Gasteiger partial charge in [0.05, 0.1) is 6.04 Å². The summed E-state index contributed by atoms with van der Waals surface area (Å²) < 4.78 is 5.64. The van der Waals surface area contributed by atoms with Crippen LogP contribution in [0.25, 0.3) is 10.9 Å². The van der Waals surface area contributed by atoms with Crippen molar-refractivity contribution in [2.24, 2.45) is 0 Å². The second-order valence-corrected chi connectivity index (χ2v) is 7.31. The number of ether oxygens (including phenoxy) is 1. The van der Waals surface area contributed by atoms with E-state index >= 15 is 0 Å². The van der Waals surface area contributed by atoms with E-state index in [0.717, 1.165) is 37.3 Å². The van der Waals surface area contributed by atoms with E-state index in [4.69, 9.17) is 4.74 Å². The number of para-hydroxylation sites is 1. The summed E-state index contributed by atoms with van der Waals surface area (Å²) in [7, 11) is 0. The van der Waals surface area contributed by atoms with Crippen LogP contribution in [0.1, 0.15) is 11.3 Å². The molecule has 138 valence electrons. The molecule has 5 rings (SSSR count). The van der Waals surface area contributed by atoms with Gasteiger partial charge in [0.25, 0.3) is 0 Å². The van der Waals surface area contributed by atoms with E-state index < -0.39 is 0 Å². The average molecular weight is 362 g/mol. The molecule has 0 radical (unpaired) electrons. The van der Waals surface area contributed by atoms with Gasteiger partial charge in [0.15, 0.2) is 0 Å². The number of carbonyl (C=O) groups is 1. The summed E-state index contributed by atoms with van der Waals surface area (Å²) in [6.45, 7) is 3.15. The lowest BCUT2D eigenvalue weighted by molar-refractivity contribution is 0.120. The van der Waals surface area contributed by atoms with E-state index in [1.165, 1.54) is 10.9 Å². The number of rotatable bonds is 5. The number of nitrogens with zero attached hydrogens (tertiary/aromatic N) is 3. The molecule has 1 N–H and O–H groups in total. The summed E-state index contributed by atoms with van der Waals surface area (Å²) in [6, 6.07) is 14.4. The molecule has 27 heavy (non-hydrogen) atoms. The van der Waals surface area contributed by atoms with Crippen LogP contribution in [0.5, 0.6) is 0 Å². The first-order valence-corrected chi connectivity index (χ1v) is 9.42. The van der Waals surface area contributed by atoms with Crippen LogP contribution in [0.15, 0.2) is 54.9 Å². The quantitative estimate of drug-likeness (QED) is 0.758. The monoisotopic (exact) mass is 362 g/mol. The Balaban J connectivity index is 1.26. The highest BCUT2D eigenvalue weighted by Gasteiger charge is 2.47. The molecule has 4 heterocycles. The molecule has 3 aromatic rings. The number of nitrogens with one attached hydrogen (secondary N) is 1. The molecule has 2 saturated heterocycles. The molecule has 0 aliphatic carbocycles. The summed E-state index contributed by atoms with van der Waals surface area (Å²) in [4.78, 5) is 24.2.